The van der Waals surface area contributed by atoms with Gasteiger partial charge in [-0.15, -0.1) is 0 Å². The largest absolute Gasteiger partial charge is 0.329 e. The molecule has 0 saturated heterocycles. The van der Waals surface area contributed by atoms with E-state index in [4.69, 9.17) is 5.73 Å². The minimum Gasteiger partial charge on any atom is -0.329 e. The monoisotopic (exact) mass is 194 g/mol. The normalized spacial score (nSPS) is 35.9. The highest BCUT2D eigenvalue weighted by molar-refractivity contribution is 5.12. The van der Waals surface area contributed by atoms with E-state index in [1.165, 1.54) is 25.7 Å². The molecule has 0 spiro atoms. The number of nitrogens with one attached hydrogen (secondary N) is 1. The molecule has 1 atom stereocenters. The maximum atomic E-state index is 5.94. The van der Waals surface area contributed by atoms with Crippen molar-refractivity contribution >= 4 is 0 Å². The van der Waals surface area contributed by atoms with Gasteiger partial charge >= 0.3 is 0 Å². The van der Waals surface area contributed by atoms with Gasteiger partial charge in [0.25, 0.3) is 0 Å². The molecule has 2 aliphatic carbocycles. The zero-order valence-corrected chi connectivity index (χ0v) is 9.34. The van der Waals surface area contributed by atoms with Crippen LogP contribution >= 0.6 is 0 Å². The van der Waals surface area contributed by atoms with Crippen molar-refractivity contribution in [1.29, 1.82) is 0 Å². The van der Waals surface area contributed by atoms with Crippen molar-refractivity contribution in [2.45, 2.75) is 51.1 Å². The molecule has 0 aromatic carbocycles. The standard InChI is InChI=1S/C12H22N2/c1-11(2)7-8-12(11,9-13)14-10-5-3-4-6-10/h3-4,10,14H,5-9,13H2,1-2H3. The van der Waals surface area contributed by atoms with Crippen LogP contribution in [0.1, 0.15) is 39.5 Å². The van der Waals surface area contributed by atoms with Gasteiger partial charge in [0.2, 0.25) is 0 Å². The molecule has 0 aromatic heterocycles. The summed E-state index contributed by atoms with van der Waals surface area (Å²) in [5, 5.41) is 3.78. The Bertz CT molecular complexity index is 233. The van der Waals surface area contributed by atoms with Crippen molar-refractivity contribution in [3.63, 3.8) is 0 Å². The first kappa shape index (κ1) is 10.2. The van der Waals surface area contributed by atoms with Crippen LogP contribution in [0.5, 0.6) is 0 Å². The molecule has 0 amide bonds. The molecule has 0 aromatic rings. The summed E-state index contributed by atoms with van der Waals surface area (Å²) in [6, 6.07) is 0.637. The highest BCUT2D eigenvalue weighted by Gasteiger charge is 2.52. The first-order valence-corrected chi connectivity index (χ1v) is 5.72. The van der Waals surface area contributed by atoms with Gasteiger partial charge in [-0.05, 0) is 31.1 Å². The van der Waals surface area contributed by atoms with Crippen molar-refractivity contribution in [2.24, 2.45) is 11.1 Å². The van der Waals surface area contributed by atoms with Crippen LogP contribution in [0.25, 0.3) is 0 Å². The van der Waals surface area contributed by atoms with Crippen LogP contribution in [0.3, 0.4) is 0 Å². The van der Waals surface area contributed by atoms with E-state index in [2.05, 4.69) is 31.3 Å². The Balaban J connectivity index is 1.99. The minimum absolute atomic E-state index is 0.212. The highest BCUT2D eigenvalue weighted by Crippen LogP contribution is 2.49. The van der Waals surface area contributed by atoms with E-state index < -0.39 is 0 Å². The summed E-state index contributed by atoms with van der Waals surface area (Å²) in [6.45, 7) is 5.44. The second-order valence-electron chi connectivity index (χ2n) is 5.45. The third-order valence-electron chi connectivity index (χ3n) is 4.31. The smallest absolute Gasteiger partial charge is 0.0358 e. The van der Waals surface area contributed by atoms with Crippen LogP contribution in [-0.2, 0) is 0 Å². The molecule has 2 nitrogen and oxygen atoms in total. The molecule has 3 N–H and O–H groups in total. The van der Waals surface area contributed by atoms with E-state index in [1.54, 1.807) is 0 Å². The average Bonchev–Trinajstić information content (AvgIpc) is 2.64. The van der Waals surface area contributed by atoms with Crippen LogP contribution in [0, 0.1) is 5.41 Å². The predicted octanol–water partition coefficient (Wildman–Crippen LogP) is 1.81. The molecular weight excluding hydrogens is 172 g/mol. The molecule has 1 saturated carbocycles. The summed E-state index contributed by atoms with van der Waals surface area (Å²) >= 11 is 0. The van der Waals surface area contributed by atoms with Gasteiger partial charge in [-0.3, -0.25) is 0 Å². The fraction of sp³-hybridized carbons (Fsp3) is 0.833. The fourth-order valence-electron chi connectivity index (χ4n) is 2.76. The maximum Gasteiger partial charge on any atom is 0.0358 e. The molecule has 0 bridgehead atoms. The lowest BCUT2D eigenvalue weighted by molar-refractivity contribution is -0.00145. The molecule has 0 heterocycles. The minimum atomic E-state index is 0.212. The summed E-state index contributed by atoms with van der Waals surface area (Å²) in [7, 11) is 0. The number of hydrogen-bond acceptors (Lipinski definition) is 2. The van der Waals surface area contributed by atoms with E-state index in [9.17, 15) is 0 Å². The van der Waals surface area contributed by atoms with Gasteiger partial charge in [-0.2, -0.15) is 0 Å². The zero-order chi connectivity index (χ0) is 10.2. The van der Waals surface area contributed by atoms with Gasteiger partial charge in [-0.25, -0.2) is 0 Å². The Morgan fingerprint density at radius 3 is 2.29 bits per heavy atom. The molecule has 0 radical (unpaired) electrons. The van der Waals surface area contributed by atoms with E-state index in [1.807, 2.05) is 0 Å². The zero-order valence-electron chi connectivity index (χ0n) is 9.34. The predicted molar refractivity (Wildman–Crippen MR) is 60.1 cm³/mol. The Morgan fingerprint density at radius 1 is 1.29 bits per heavy atom. The molecule has 80 valence electrons. The Morgan fingerprint density at radius 2 is 1.93 bits per heavy atom. The van der Waals surface area contributed by atoms with Crippen molar-refractivity contribution in [1.82, 2.24) is 5.32 Å². The van der Waals surface area contributed by atoms with Gasteiger partial charge in [0.05, 0.1) is 0 Å². The van der Waals surface area contributed by atoms with Crippen molar-refractivity contribution in [3.8, 4) is 0 Å². The summed E-state index contributed by atoms with van der Waals surface area (Å²) < 4.78 is 0. The summed E-state index contributed by atoms with van der Waals surface area (Å²) in [4.78, 5) is 0. The van der Waals surface area contributed by atoms with Gasteiger partial charge in [0.1, 0.15) is 0 Å². The fourth-order valence-corrected chi connectivity index (χ4v) is 2.76. The number of nitrogens with two attached hydrogens (primary N) is 1. The van der Waals surface area contributed by atoms with Crippen LogP contribution in [-0.4, -0.2) is 18.1 Å². The van der Waals surface area contributed by atoms with Crippen LogP contribution in [0.2, 0.25) is 0 Å². The second kappa shape index (κ2) is 3.35. The quantitative estimate of drug-likeness (QED) is 0.672. The molecule has 2 heteroatoms. The molecule has 0 aliphatic heterocycles. The Labute approximate surface area is 86.9 Å². The van der Waals surface area contributed by atoms with Crippen molar-refractivity contribution in [2.75, 3.05) is 6.54 Å². The maximum absolute atomic E-state index is 5.94. The Kier molecular flexibility index (Phi) is 2.44. The highest BCUT2D eigenvalue weighted by atomic mass is 15.1. The number of rotatable bonds is 3. The number of hydrogen-bond donors (Lipinski definition) is 2. The van der Waals surface area contributed by atoms with Crippen molar-refractivity contribution in [3.05, 3.63) is 12.2 Å². The van der Waals surface area contributed by atoms with E-state index in [0.29, 0.717) is 11.5 Å². The molecule has 1 fully saturated rings. The van der Waals surface area contributed by atoms with Crippen molar-refractivity contribution < 1.29 is 0 Å². The van der Waals surface area contributed by atoms with Gasteiger partial charge < -0.3 is 11.1 Å². The summed E-state index contributed by atoms with van der Waals surface area (Å²) in [5.74, 6) is 0. The molecular formula is C12H22N2. The lowest BCUT2D eigenvalue weighted by Crippen LogP contribution is -2.69. The van der Waals surface area contributed by atoms with Crippen LogP contribution in [0.4, 0.5) is 0 Å². The van der Waals surface area contributed by atoms with Gasteiger partial charge in [-0.1, -0.05) is 26.0 Å². The van der Waals surface area contributed by atoms with Crippen LogP contribution in [0.15, 0.2) is 12.2 Å². The lowest BCUT2D eigenvalue weighted by Gasteiger charge is -2.57. The molecule has 2 rings (SSSR count). The average molecular weight is 194 g/mol. The van der Waals surface area contributed by atoms with E-state index in [0.717, 1.165) is 6.54 Å². The van der Waals surface area contributed by atoms with Crippen LogP contribution < -0.4 is 11.1 Å². The SMILES string of the molecule is CC1(C)CCC1(CN)NC1CC=CC1. The molecule has 1 unspecified atom stereocenters. The second-order valence-corrected chi connectivity index (χ2v) is 5.45. The lowest BCUT2D eigenvalue weighted by atomic mass is 9.56. The third kappa shape index (κ3) is 1.41. The Hall–Kier alpha value is -0.340. The summed E-state index contributed by atoms with van der Waals surface area (Å²) in [5.41, 5.74) is 6.53. The van der Waals surface area contributed by atoms with E-state index in [-0.39, 0.29) is 5.54 Å². The summed E-state index contributed by atoms with van der Waals surface area (Å²) in [6.07, 6.45) is 9.45. The molecule has 2 aliphatic rings. The van der Waals surface area contributed by atoms with Gasteiger partial charge in [0, 0.05) is 18.1 Å². The third-order valence-corrected chi connectivity index (χ3v) is 4.31. The molecule has 14 heavy (non-hydrogen) atoms. The van der Waals surface area contributed by atoms with E-state index >= 15 is 0 Å². The topological polar surface area (TPSA) is 38.0 Å². The first-order chi connectivity index (χ1) is 6.60. The first-order valence-electron chi connectivity index (χ1n) is 5.72. The van der Waals surface area contributed by atoms with Gasteiger partial charge in [0.15, 0.2) is 0 Å².